The molecule has 1 amide bonds. The minimum Gasteiger partial charge on any atom is -0.508 e. The summed E-state index contributed by atoms with van der Waals surface area (Å²) in [5.41, 5.74) is 23.1. The number of hydrogen-bond acceptors (Lipinski definition) is 20. The molecular formula is C70H72IN17O7. The molecule has 0 radical (unpaired) electrons. The van der Waals surface area contributed by atoms with Crippen LogP contribution in [-0.2, 0) is 32.4 Å². The number of aromatic hydroxyl groups is 2. The normalized spacial score (nSPS) is 12.3. The number of nitrogens with two attached hydrogens (primary N) is 1. The standard InChI is InChI=1S/C25H29N7O3.C23H21N5O2.C22H22IN5O2/c1-31-16-17(13-29-31)24-14-28-22-6-5-18(11-23(22)30-24)32(8-4-7-27-15-25(26)33)19-9-20(34-2)12-21(10-19)35-3;1-27-12-15(9-25-27)20-10-24-18-5-14-4-17-22(6-16(29)7-23(17)30)28(11-13-2-3-13)21(14)8-19(18)26-20;1-27-14-15(12-25-27)22-13-24-20-5-4-16(10-21(20)26-22)28(7-6-23)17-8-18(29-2)11-19(9-17)30-3/h5-6,9-14,16,27H,4,7-8,15H2,1-3H3,(H2,26,33);5-10,12-13,29-30H,2-4,11H2,1H3;4-5,8-14H,6-7H2,1-3H3. The molecule has 6 aromatic carbocycles. The van der Waals surface area contributed by atoms with Crippen LogP contribution in [0, 0.1) is 5.92 Å². The monoisotopic (exact) mass is 1390 g/mol. The van der Waals surface area contributed by atoms with Crippen LogP contribution in [0.3, 0.4) is 0 Å². The first-order valence-electron chi connectivity index (χ1n) is 30.8. The molecule has 1 aliphatic heterocycles. The molecule has 1 fully saturated rings. The van der Waals surface area contributed by atoms with Gasteiger partial charge in [-0.2, -0.15) is 15.3 Å². The SMILES string of the molecule is COc1cc(OC)cc(N(CCCNCC(N)=O)c2ccc3ncc(-c4cnn(C)c4)nc3c2)c1.COc1cc(OC)cc(N(CCI)c2ccc3ncc(-c4cnn(C)c4)nc3c2)c1.Cn1cc(-c2cnc3cc4c(cc3n2)N(CC2CC2)c2cc(O)cc(O)c2C4)cn1. The maximum absolute atomic E-state index is 11.0. The van der Waals surface area contributed by atoms with Crippen molar-refractivity contribution in [3.05, 3.63) is 164 Å². The van der Waals surface area contributed by atoms with Crippen LogP contribution in [0.25, 0.3) is 66.9 Å². The first-order chi connectivity index (χ1) is 46.1. The third kappa shape index (κ3) is 15.1. The number of anilines is 6. The minimum absolute atomic E-state index is 0.0786. The van der Waals surface area contributed by atoms with Gasteiger partial charge in [0.25, 0.3) is 0 Å². The lowest BCUT2D eigenvalue weighted by Gasteiger charge is -2.34. The number of phenols is 2. The van der Waals surface area contributed by atoms with E-state index in [1.54, 1.807) is 85.7 Å². The highest BCUT2D eigenvalue weighted by Gasteiger charge is 2.32. The van der Waals surface area contributed by atoms with Gasteiger partial charge in [0.15, 0.2) is 0 Å². The fourth-order valence-corrected chi connectivity index (χ4v) is 11.9. The summed E-state index contributed by atoms with van der Waals surface area (Å²) in [7, 11) is 12.2. The summed E-state index contributed by atoms with van der Waals surface area (Å²) in [4.78, 5) is 46.0. The van der Waals surface area contributed by atoms with E-state index in [0.29, 0.717) is 36.9 Å². The van der Waals surface area contributed by atoms with Crippen LogP contribution < -0.4 is 44.7 Å². The molecule has 1 aliphatic carbocycles. The zero-order valence-corrected chi connectivity index (χ0v) is 55.8. The van der Waals surface area contributed by atoms with Crippen LogP contribution in [0.5, 0.6) is 34.5 Å². The molecule has 24 nitrogen and oxygen atoms in total. The van der Waals surface area contributed by atoms with Gasteiger partial charge >= 0.3 is 0 Å². The smallest absolute Gasteiger partial charge is 0.231 e. The third-order valence-corrected chi connectivity index (χ3v) is 16.8. The largest absolute Gasteiger partial charge is 0.508 e. The van der Waals surface area contributed by atoms with Crippen molar-refractivity contribution in [1.29, 1.82) is 0 Å². The van der Waals surface area contributed by atoms with Gasteiger partial charge < -0.3 is 54.9 Å². The number of benzene rings is 6. The fraction of sp³-hybridized carbons (Fsp3) is 0.257. The van der Waals surface area contributed by atoms with E-state index in [4.69, 9.17) is 39.6 Å². The van der Waals surface area contributed by atoms with Crippen molar-refractivity contribution in [1.82, 2.24) is 64.6 Å². The summed E-state index contributed by atoms with van der Waals surface area (Å²) in [5.74, 6) is 3.36. The number of alkyl halides is 1. The molecule has 7 heterocycles. The van der Waals surface area contributed by atoms with E-state index in [2.05, 4.69) is 97.1 Å². The first kappa shape index (κ1) is 64.4. The molecule has 486 valence electrons. The Morgan fingerprint density at radius 2 is 1.04 bits per heavy atom. The number of ether oxygens (including phenoxy) is 4. The number of phenolic OH excluding ortho intramolecular Hbond substituents is 2. The van der Waals surface area contributed by atoms with Gasteiger partial charge in [-0.1, -0.05) is 22.6 Å². The molecule has 0 bridgehead atoms. The van der Waals surface area contributed by atoms with Gasteiger partial charge in [-0.25, -0.2) is 15.0 Å². The number of nitrogens with one attached hydrogen (secondary N) is 1. The molecule has 0 atom stereocenters. The van der Waals surface area contributed by atoms with Gasteiger partial charge in [-0.3, -0.25) is 33.8 Å². The number of hydrogen-bond donors (Lipinski definition) is 4. The van der Waals surface area contributed by atoms with Crippen molar-refractivity contribution >= 4 is 95.7 Å². The van der Waals surface area contributed by atoms with Crippen molar-refractivity contribution in [2.24, 2.45) is 32.8 Å². The van der Waals surface area contributed by atoms with Gasteiger partial charge in [-0.15, -0.1) is 0 Å². The molecule has 25 heteroatoms. The lowest BCUT2D eigenvalue weighted by atomic mass is 9.93. The number of methoxy groups -OCH3 is 4. The van der Waals surface area contributed by atoms with Crippen LogP contribution >= 0.6 is 22.6 Å². The predicted molar refractivity (Wildman–Crippen MR) is 376 cm³/mol. The number of aryl methyl sites for hydroxylation is 3. The maximum Gasteiger partial charge on any atom is 0.231 e. The number of amides is 1. The van der Waals surface area contributed by atoms with Gasteiger partial charge in [-0.05, 0) is 85.8 Å². The van der Waals surface area contributed by atoms with Crippen molar-refractivity contribution in [2.45, 2.75) is 25.7 Å². The van der Waals surface area contributed by atoms with Crippen molar-refractivity contribution in [3.63, 3.8) is 0 Å². The summed E-state index contributed by atoms with van der Waals surface area (Å²) >= 11 is 2.38. The summed E-state index contributed by atoms with van der Waals surface area (Å²) in [5, 5.41) is 36.3. The number of rotatable bonds is 21. The lowest BCUT2D eigenvalue weighted by molar-refractivity contribution is -0.117. The highest BCUT2D eigenvalue weighted by atomic mass is 127. The third-order valence-electron chi connectivity index (χ3n) is 16.3. The summed E-state index contributed by atoms with van der Waals surface area (Å²) in [6.07, 6.45) is 20.2. The zero-order chi connectivity index (χ0) is 66.3. The summed E-state index contributed by atoms with van der Waals surface area (Å²) in [6.45, 7) is 3.15. The maximum atomic E-state index is 11.0. The van der Waals surface area contributed by atoms with Crippen LogP contribution in [-0.4, -0.2) is 141 Å². The molecule has 0 saturated heterocycles. The molecule has 12 aromatic rings. The molecular weight excluding hydrogens is 1320 g/mol. The predicted octanol–water partition coefficient (Wildman–Crippen LogP) is 11.2. The fourth-order valence-electron chi connectivity index (χ4n) is 11.4. The molecule has 0 spiro atoms. The van der Waals surface area contributed by atoms with E-state index in [1.165, 1.54) is 18.9 Å². The van der Waals surface area contributed by atoms with Crippen LogP contribution in [0.1, 0.15) is 30.4 Å². The van der Waals surface area contributed by atoms with E-state index in [0.717, 1.165) is 148 Å². The second-order valence-corrected chi connectivity index (χ2v) is 24.2. The van der Waals surface area contributed by atoms with Crippen LogP contribution in [0.15, 0.2) is 153 Å². The molecule has 6 aromatic heterocycles. The number of fused-ring (bicyclic) bond motifs is 5. The average Bonchev–Trinajstić information content (AvgIpc) is 1.64. The Kier molecular flexibility index (Phi) is 19.5. The zero-order valence-electron chi connectivity index (χ0n) is 53.7. The van der Waals surface area contributed by atoms with Crippen molar-refractivity contribution < 1.29 is 34.0 Å². The van der Waals surface area contributed by atoms with Gasteiger partial charge in [0, 0.05) is 169 Å². The van der Waals surface area contributed by atoms with E-state index < -0.39 is 0 Å². The molecule has 0 unspecified atom stereocenters. The molecule has 2 aliphatic rings. The number of nitrogens with zero attached hydrogens (tertiary/aromatic N) is 15. The topological polar surface area (TPSA) is 273 Å². The second-order valence-electron chi connectivity index (χ2n) is 23.1. The number of carbonyl (C=O) groups excluding carboxylic acids is 1. The number of aromatic nitrogens is 12. The van der Waals surface area contributed by atoms with Gasteiger partial charge in [0.1, 0.15) is 34.5 Å². The van der Waals surface area contributed by atoms with Crippen molar-refractivity contribution in [2.75, 3.05) is 80.3 Å². The molecule has 95 heavy (non-hydrogen) atoms. The number of primary amides is 1. The van der Waals surface area contributed by atoms with Crippen LogP contribution in [0.2, 0.25) is 0 Å². The highest BCUT2D eigenvalue weighted by Crippen LogP contribution is 2.47. The Hall–Kier alpha value is -10.7. The van der Waals surface area contributed by atoms with Crippen LogP contribution in [0.4, 0.5) is 34.1 Å². The second kappa shape index (κ2) is 28.7. The van der Waals surface area contributed by atoms with E-state index in [-0.39, 0.29) is 24.0 Å². The molecule has 5 N–H and O–H groups in total. The quantitative estimate of drug-likeness (QED) is 0.0296. The summed E-state index contributed by atoms with van der Waals surface area (Å²) in [6, 6.07) is 31.1. The molecule has 14 rings (SSSR count). The Morgan fingerprint density at radius 3 is 1.48 bits per heavy atom. The molecule has 1 saturated carbocycles. The Labute approximate surface area is 562 Å². The highest BCUT2D eigenvalue weighted by molar-refractivity contribution is 14.1. The van der Waals surface area contributed by atoms with E-state index in [1.807, 2.05) is 100 Å². The number of halogens is 1. The average molecular weight is 1390 g/mol. The number of carbonyl (C=O) groups is 1. The van der Waals surface area contributed by atoms with Gasteiger partial charge in [0.2, 0.25) is 5.91 Å². The minimum atomic E-state index is -0.378. The first-order valence-corrected chi connectivity index (χ1v) is 32.3. The van der Waals surface area contributed by atoms with Gasteiger partial charge in [0.05, 0.1) is 128 Å². The Morgan fingerprint density at radius 1 is 0.568 bits per heavy atom. The van der Waals surface area contributed by atoms with Crippen molar-refractivity contribution in [3.8, 4) is 68.3 Å². The Bertz CT molecular complexity index is 4700. The summed E-state index contributed by atoms with van der Waals surface area (Å²) < 4.78 is 28.1. The Balaban J connectivity index is 0.000000137. The van der Waals surface area contributed by atoms with E-state index >= 15 is 0 Å². The lowest BCUT2D eigenvalue weighted by Crippen LogP contribution is -2.31. The van der Waals surface area contributed by atoms with E-state index in [9.17, 15) is 15.0 Å².